The number of hydrogen-bond acceptors (Lipinski definition) is 10. The summed E-state index contributed by atoms with van der Waals surface area (Å²) in [5.41, 5.74) is 14.8. The van der Waals surface area contributed by atoms with Crippen LogP contribution in [-0.4, -0.2) is 66.9 Å². The summed E-state index contributed by atoms with van der Waals surface area (Å²) >= 11 is 0. The van der Waals surface area contributed by atoms with Gasteiger partial charge in [-0.05, 0) is 69.9 Å². The standard InChI is InChI=1S/C32H37N7O5/c1-6-39-19-27(44-32(41)35-12-7-13-38(2)3)28(40)24-11-9-20(16-25(24)39)8-10-22-14-21(17-26(42-4)29(22)43-5)15-23-18-36-31(34)37-30(23)33/h9,11,14,16-19H,6-7,12-13,15H2,1-5H3,(H,35,41)(H4,33,34,36,37). The Morgan fingerprint density at radius 1 is 1.09 bits per heavy atom. The molecular formula is C32H37N7O5. The Hall–Kier alpha value is -5.28. The molecule has 0 saturated heterocycles. The smallest absolute Gasteiger partial charge is 0.412 e. The lowest BCUT2D eigenvalue weighted by Gasteiger charge is -2.13. The molecule has 2 aromatic heterocycles. The largest absolute Gasteiger partial charge is 0.493 e. The number of methoxy groups -OCH3 is 2. The number of benzene rings is 2. The van der Waals surface area contributed by atoms with Crippen LogP contribution in [-0.2, 0) is 13.0 Å². The quantitative estimate of drug-likeness (QED) is 0.183. The van der Waals surface area contributed by atoms with Gasteiger partial charge in [-0.15, -0.1) is 0 Å². The van der Waals surface area contributed by atoms with E-state index in [4.69, 9.17) is 25.7 Å². The molecule has 44 heavy (non-hydrogen) atoms. The van der Waals surface area contributed by atoms with Crippen molar-refractivity contribution in [1.29, 1.82) is 0 Å². The molecule has 0 aliphatic heterocycles. The van der Waals surface area contributed by atoms with Crippen LogP contribution in [0.3, 0.4) is 0 Å². The number of pyridine rings is 1. The van der Waals surface area contributed by atoms with Crippen LogP contribution in [0.25, 0.3) is 10.9 Å². The molecule has 1 amide bonds. The second-order valence-electron chi connectivity index (χ2n) is 10.3. The molecule has 0 bridgehead atoms. The van der Waals surface area contributed by atoms with E-state index in [1.807, 2.05) is 48.7 Å². The van der Waals surface area contributed by atoms with Gasteiger partial charge in [0.1, 0.15) is 5.82 Å². The van der Waals surface area contributed by atoms with Crippen LogP contribution >= 0.6 is 0 Å². The maximum atomic E-state index is 13.2. The van der Waals surface area contributed by atoms with Crippen molar-refractivity contribution >= 4 is 28.8 Å². The predicted octanol–water partition coefficient (Wildman–Crippen LogP) is 3.02. The number of aryl methyl sites for hydroxylation is 1. The Bertz CT molecular complexity index is 1790. The molecule has 0 aliphatic carbocycles. The van der Waals surface area contributed by atoms with E-state index in [-0.39, 0.29) is 17.1 Å². The van der Waals surface area contributed by atoms with Crippen LogP contribution in [0.1, 0.15) is 35.6 Å². The third kappa shape index (κ3) is 7.56. The molecule has 0 fully saturated rings. The highest BCUT2D eigenvalue weighted by molar-refractivity contribution is 5.83. The molecular weight excluding hydrogens is 562 g/mol. The number of nitrogen functional groups attached to an aromatic ring is 2. The van der Waals surface area contributed by atoms with E-state index in [0.29, 0.717) is 64.4 Å². The zero-order valence-corrected chi connectivity index (χ0v) is 25.6. The fraction of sp³-hybridized carbons (Fsp3) is 0.312. The minimum Gasteiger partial charge on any atom is -0.493 e. The number of carbonyl (C=O) groups is 1. The Morgan fingerprint density at radius 3 is 2.57 bits per heavy atom. The summed E-state index contributed by atoms with van der Waals surface area (Å²) in [6, 6.07) is 9.01. The van der Waals surface area contributed by atoms with E-state index in [0.717, 1.165) is 18.5 Å². The predicted molar refractivity (Wildman–Crippen MR) is 170 cm³/mol. The highest BCUT2D eigenvalue weighted by Crippen LogP contribution is 2.33. The molecule has 0 saturated carbocycles. The summed E-state index contributed by atoms with van der Waals surface area (Å²) in [7, 11) is 7.02. The summed E-state index contributed by atoms with van der Waals surface area (Å²) in [4.78, 5) is 35.6. The van der Waals surface area contributed by atoms with Crippen LogP contribution in [0.5, 0.6) is 17.2 Å². The van der Waals surface area contributed by atoms with Crippen molar-refractivity contribution in [1.82, 2.24) is 24.8 Å². The molecule has 2 aromatic carbocycles. The maximum Gasteiger partial charge on any atom is 0.412 e. The van der Waals surface area contributed by atoms with Crippen molar-refractivity contribution in [3.63, 3.8) is 0 Å². The molecule has 0 radical (unpaired) electrons. The first kappa shape index (κ1) is 31.7. The van der Waals surface area contributed by atoms with E-state index in [9.17, 15) is 9.59 Å². The number of aromatic nitrogens is 3. The van der Waals surface area contributed by atoms with Gasteiger partial charge in [-0.1, -0.05) is 11.8 Å². The van der Waals surface area contributed by atoms with E-state index >= 15 is 0 Å². The molecule has 5 N–H and O–H groups in total. The fourth-order valence-corrected chi connectivity index (χ4v) is 4.64. The Balaban J connectivity index is 1.64. The van der Waals surface area contributed by atoms with Gasteiger partial charge in [0.15, 0.2) is 17.2 Å². The summed E-state index contributed by atoms with van der Waals surface area (Å²) in [5, 5.41) is 3.11. The zero-order valence-electron chi connectivity index (χ0n) is 25.6. The molecule has 4 aromatic rings. The van der Waals surface area contributed by atoms with Gasteiger partial charge in [-0.3, -0.25) is 4.79 Å². The monoisotopic (exact) mass is 599 g/mol. The molecule has 0 spiro atoms. The van der Waals surface area contributed by atoms with Crippen LogP contribution < -0.4 is 36.4 Å². The first-order valence-corrected chi connectivity index (χ1v) is 14.0. The topological polar surface area (TPSA) is 160 Å². The SMILES string of the molecule is CCn1cc(OC(=O)NCCCN(C)C)c(=O)c2ccc(C#Cc3cc(Cc4cnc(N)nc4N)cc(OC)c3OC)cc21. The van der Waals surface area contributed by atoms with Crippen molar-refractivity contribution in [3.8, 4) is 29.1 Å². The first-order valence-electron chi connectivity index (χ1n) is 14.0. The van der Waals surface area contributed by atoms with E-state index in [1.165, 1.54) is 0 Å². The molecule has 2 heterocycles. The molecule has 230 valence electrons. The maximum absolute atomic E-state index is 13.2. The third-order valence-electron chi connectivity index (χ3n) is 6.83. The van der Waals surface area contributed by atoms with Gasteiger partial charge >= 0.3 is 6.09 Å². The van der Waals surface area contributed by atoms with Crippen molar-refractivity contribution in [2.24, 2.45) is 0 Å². The average molecular weight is 600 g/mol. The first-order chi connectivity index (χ1) is 21.1. The third-order valence-corrected chi connectivity index (χ3v) is 6.83. The van der Waals surface area contributed by atoms with E-state index < -0.39 is 6.09 Å². The van der Waals surface area contributed by atoms with Crippen LogP contribution in [0, 0.1) is 11.8 Å². The van der Waals surface area contributed by atoms with Gasteiger partial charge < -0.3 is 40.5 Å². The van der Waals surface area contributed by atoms with Gasteiger partial charge in [0, 0.05) is 42.2 Å². The lowest BCUT2D eigenvalue weighted by Crippen LogP contribution is -2.31. The summed E-state index contributed by atoms with van der Waals surface area (Å²) in [6.07, 6.45) is 3.67. The molecule has 12 nitrogen and oxygen atoms in total. The van der Waals surface area contributed by atoms with Gasteiger partial charge in [0.2, 0.25) is 11.4 Å². The number of nitrogens with zero attached hydrogens (tertiary/aromatic N) is 4. The Labute approximate surface area is 255 Å². The molecule has 4 rings (SSSR count). The molecule has 0 aliphatic rings. The number of carbonyl (C=O) groups excluding carboxylic acids is 1. The van der Waals surface area contributed by atoms with Gasteiger partial charge in [0.25, 0.3) is 0 Å². The number of amides is 1. The van der Waals surface area contributed by atoms with Crippen molar-refractivity contribution in [2.45, 2.75) is 26.3 Å². The van der Waals surface area contributed by atoms with Crippen LogP contribution in [0.4, 0.5) is 16.6 Å². The molecule has 0 atom stereocenters. The van der Waals surface area contributed by atoms with Crippen LogP contribution in [0.2, 0.25) is 0 Å². The Kier molecular flexibility index (Phi) is 10.3. The number of anilines is 2. The highest BCUT2D eigenvalue weighted by Gasteiger charge is 2.15. The Morgan fingerprint density at radius 2 is 1.89 bits per heavy atom. The van der Waals surface area contributed by atoms with Crippen molar-refractivity contribution in [2.75, 3.05) is 52.9 Å². The molecule has 0 unspecified atom stereocenters. The summed E-state index contributed by atoms with van der Waals surface area (Å²) < 4.78 is 18.4. The van der Waals surface area contributed by atoms with Gasteiger partial charge in [0.05, 0.1) is 31.5 Å². The summed E-state index contributed by atoms with van der Waals surface area (Å²) in [5.74, 6) is 7.72. The number of rotatable bonds is 10. The highest BCUT2D eigenvalue weighted by atomic mass is 16.6. The second kappa shape index (κ2) is 14.3. The minimum atomic E-state index is -0.663. The van der Waals surface area contributed by atoms with Crippen LogP contribution in [0.15, 0.2) is 47.5 Å². The number of nitrogens with two attached hydrogens (primary N) is 2. The number of fused-ring (bicyclic) bond motifs is 1. The van der Waals surface area contributed by atoms with Gasteiger partial charge in [-0.2, -0.15) is 4.98 Å². The number of hydrogen-bond donors (Lipinski definition) is 3. The second-order valence-corrected chi connectivity index (χ2v) is 10.3. The van der Waals surface area contributed by atoms with Crippen molar-refractivity contribution < 1.29 is 19.0 Å². The average Bonchev–Trinajstić information content (AvgIpc) is 3.00. The molecule has 12 heteroatoms. The van der Waals surface area contributed by atoms with Gasteiger partial charge in [-0.25, -0.2) is 9.78 Å². The number of nitrogens with one attached hydrogen (secondary N) is 1. The lowest BCUT2D eigenvalue weighted by molar-refractivity contribution is 0.199. The van der Waals surface area contributed by atoms with Crippen molar-refractivity contribution in [3.05, 3.63) is 75.2 Å². The summed E-state index contributed by atoms with van der Waals surface area (Å²) in [6.45, 7) is 3.75. The fourth-order valence-electron chi connectivity index (χ4n) is 4.64. The van der Waals surface area contributed by atoms with E-state index in [1.54, 1.807) is 38.7 Å². The minimum absolute atomic E-state index is 0.0379. The van der Waals surface area contributed by atoms with E-state index in [2.05, 4.69) is 27.1 Å². The lowest BCUT2D eigenvalue weighted by atomic mass is 10.0. The number of ether oxygens (including phenoxy) is 3. The normalized spacial score (nSPS) is 10.8. The zero-order chi connectivity index (χ0) is 31.8.